The minimum Gasteiger partial charge on any atom is -0.461 e. The molecule has 0 N–H and O–H groups in total. The van der Waals surface area contributed by atoms with Crippen LogP contribution in [0.4, 0.5) is 5.69 Å². The molecule has 2 aromatic carbocycles. The second-order valence-electron chi connectivity index (χ2n) is 5.37. The van der Waals surface area contributed by atoms with Crippen LogP contribution in [0.15, 0.2) is 48.5 Å². The number of carbonyl (C=O) groups excluding carboxylic acids is 2. The van der Waals surface area contributed by atoms with Crippen molar-refractivity contribution in [2.75, 3.05) is 0 Å². The van der Waals surface area contributed by atoms with E-state index in [-0.39, 0.29) is 31.6 Å². The predicted octanol–water partition coefficient (Wildman–Crippen LogP) is 4.07. The predicted molar refractivity (Wildman–Crippen MR) is 93.8 cm³/mol. The first kappa shape index (κ1) is 19.4. The number of esters is 2. The molecule has 0 saturated carbocycles. The largest absolute Gasteiger partial charge is 0.461 e. The maximum absolute atomic E-state index is 11.7. The van der Waals surface area contributed by atoms with E-state index in [9.17, 15) is 19.7 Å². The van der Waals surface area contributed by atoms with Crippen LogP contribution in [0.5, 0.6) is 5.75 Å². The van der Waals surface area contributed by atoms with Crippen LogP contribution in [0.3, 0.4) is 0 Å². The molecule has 0 atom stereocenters. The van der Waals surface area contributed by atoms with Crippen LogP contribution >= 0.6 is 11.6 Å². The Morgan fingerprint density at radius 3 is 2.50 bits per heavy atom. The minimum atomic E-state index is -0.517. The molecule has 8 heteroatoms. The van der Waals surface area contributed by atoms with Crippen LogP contribution in [0, 0.1) is 10.1 Å². The molecule has 0 unspecified atom stereocenters. The number of nitrogens with zero attached hydrogens (tertiary/aromatic N) is 1. The van der Waals surface area contributed by atoms with E-state index in [1.54, 1.807) is 24.3 Å². The number of nitro groups is 1. The van der Waals surface area contributed by atoms with Crippen LogP contribution in [0.2, 0.25) is 5.02 Å². The van der Waals surface area contributed by atoms with Gasteiger partial charge in [-0.3, -0.25) is 19.7 Å². The molecular weight excluding hydrogens is 362 g/mol. The van der Waals surface area contributed by atoms with E-state index in [0.717, 1.165) is 0 Å². The fraction of sp³-hybridized carbons (Fsp3) is 0.222. The van der Waals surface area contributed by atoms with Crippen molar-refractivity contribution in [2.45, 2.75) is 25.9 Å². The topological polar surface area (TPSA) is 95.7 Å². The number of halogens is 1. The molecule has 2 aromatic rings. The van der Waals surface area contributed by atoms with Gasteiger partial charge in [0.2, 0.25) is 0 Å². The van der Waals surface area contributed by atoms with E-state index in [4.69, 9.17) is 21.1 Å². The maximum Gasteiger partial charge on any atom is 0.311 e. The summed E-state index contributed by atoms with van der Waals surface area (Å²) in [6.07, 6.45) is 0.366. The molecular formula is C18H16ClNO6. The zero-order valence-corrected chi connectivity index (χ0v) is 14.5. The molecule has 0 fully saturated rings. The van der Waals surface area contributed by atoms with Gasteiger partial charge in [-0.25, -0.2) is 0 Å². The minimum absolute atomic E-state index is 0.0412. The average Bonchev–Trinajstić information content (AvgIpc) is 2.60. The third kappa shape index (κ3) is 6.52. The Kier molecular flexibility index (Phi) is 7.11. The maximum atomic E-state index is 11.7. The Morgan fingerprint density at radius 2 is 1.77 bits per heavy atom. The average molecular weight is 378 g/mol. The SMILES string of the molecule is O=C(CCCC(=O)Oc1cccc(Cl)c1)OCc1cccc([N+](=O)[O-])c1. The second kappa shape index (κ2) is 9.53. The number of rotatable bonds is 8. The van der Waals surface area contributed by atoms with Crippen LogP contribution in [0.25, 0.3) is 0 Å². The van der Waals surface area contributed by atoms with Gasteiger partial charge in [0.25, 0.3) is 5.69 Å². The highest BCUT2D eigenvalue weighted by molar-refractivity contribution is 6.30. The van der Waals surface area contributed by atoms with Gasteiger partial charge in [-0.2, -0.15) is 0 Å². The van der Waals surface area contributed by atoms with E-state index in [0.29, 0.717) is 16.3 Å². The summed E-state index contributed by atoms with van der Waals surface area (Å²) in [4.78, 5) is 33.6. The first-order valence-electron chi connectivity index (χ1n) is 7.79. The summed E-state index contributed by atoms with van der Waals surface area (Å²) in [5.41, 5.74) is 0.454. The lowest BCUT2D eigenvalue weighted by Gasteiger charge is -2.06. The fourth-order valence-corrected chi connectivity index (χ4v) is 2.27. The van der Waals surface area contributed by atoms with Crippen molar-refractivity contribution in [1.29, 1.82) is 0 Å². The van der Waals surface area contributed by atoms with Gasteiger partial charge in [-0.15, -0.1) is 0 Å². The summed E-state index contributed by atoms with van der Waals surface area (Å²) in [6, 6.07) is 12.3. The molecule has 26 heavy (non-hydrogen) atoms. The van der Waals surface area contributed by atoms with Crippen molar-refractivity contribution >= 4 is 29.2 Å². The number of carbonyl (C=O) groups is 2. The van der Waals surface area contributed by atoms with E-state index in [1.807, 2.05) is 0 Å². The lowest BCUT2D eigenvalue weighted by molar-refractivity contribution is -0.384. The molecule has 0 radical (unpaired) electrons. The van der Waals surface area contributed by atoms with Crippen molar-refractivity contribution in [1.82, 2.24) is 0 Å². The first-order chi connectivity index (χ1) is 12.4. The Hall–Kier alpha value is -2.93. The van der Waals surface area contributed by atoms with Gasteiger partial charge in [0.1, 0.15) is 12.4 Å². The third-order valence-corrected chi connectivity index (χ3v) is 3.55. The fourth-order valence-electron chi connectivity index (χ4n) is 2.09. The normalized spacial score (nSPS) is 10.2. The van der Waals surface area contributed by atoms with Gasteiger partial charge >= 0.3 is 11.9 Å². The Bertz CT molecular complexity index is 808. The van der Waals surface area contributed by atoms with Gasteiger partial charge in [-0.05, 0) is 30.2 Å². The van der Waals surface area contributed by atoms with Gasteiger partial charge in [0.15, 0.2) is 0 Å². The molecule has 0 bridgehead atoms. The zero-order chi connectivity index (χ0) is 18.9. The Balaban J connectivity index is 1.69. The molecule has 0 aliphatic carbocycles. The van der Waals surface area contributed by atoms with Crippen LogP contribution in [0.1, 0.15) is 24.8 Å². The summed E-state index contributed by atoms with van der Waals surface area (Å²) in [6.45, 7) is -0.0620. The van der Waals surface area contributed by atoms with Crippen LogP contribution in [-0.4, -0.2) is 16.9 Å². The zero-order valence-electron chi connectivity index (χ0n) is 13.7. The van der Waals surface area contributed by atoms with Crippen molar-refractivity contribution in [3.05, 3.63) is 69.2 Å². The Morgan fingerprint density at radius 1 is 1.04 bits per heavy atom. The van der Waals surface area contributed by atoms with E-state index in [2.05, 4.69) is 0 Å². The lowest BCUT2D eigenvalue weighted by atomic mass is 10.2. The van der Waals surface area contributed by atoms with E-state index in [1.165, 1.54) is 24.3 Å². The van der Waals surface area contributed by atoms with Crippen molar-refractivity contribution < 1.29 is 24.0 Å². The highest BCUT2D eigenvalue weighted by Crippen LogP contribution is 2.18. The summed E-state index contributed by atoms with van der Waals surface area (Å²) in [7, 11) is 0. The van der Waals surface area contributed by atoms with Crippen LogP contribution in [-0.2, 0) is 20.9 Å². The van der Waals surface area contributed by atoms with Crippen molar-refractivity contribution in [3.8, 4) is 5.75 Å². The number of non-ortho nitro benzene ring substituents is 1. The molecule has 0 saturated heterocycles. The molecule has 0 aliphatic heterocycles. The summed E-state index contributed by atoms with van der Waals surface area (Å²) >= 11 is 5.80. The van der Waals surface area contributed by atoms with Gasteiger partial charge < -0.3 is 9.47 Å². The van der Waals surface area contributed by atoms with Gasteiger partial charge in [0.05, 0.1) is 4.92 Å². The molecule has 136 valence electrons. The van der Waals surface area contributed by atoms with Gasteiger partial charge in [0, 0.05) is 30.0 Å². The molecule has 0 aliphatic rings. The van der Waals surface area contributed by atoms with E-state index < -0.39 is 16.9 Å². The summed E-state index contributed by atoms with van der Waals surface area (Å²) in [5, 5.41) is 11.2. The quantitative estimate of drug-likeness (QED) is 0.298. The molecule has 7 nitrogen and oxygen atoms in total. The number of ether oxygens (including phenoxy) is 2. The second-order valence-corrected chi connectivity index (χ2v) is 5.81. The number of nitro benzene ring substituents is 1. The van der Waals surface area contributed by atoms with Crippen molar-refractivity contribution in [2.24, 2.45) is 0 Å². The number of hydrogen-bond acceptors (Lipinski definition) is 6. The van der Waals surface area contributed by atoms with Gasteiger partial charge in [-0.1, -0.05) is 29.8 Å². The lowest BCUT2D eigenvalue weighted by Crippen LogP contribution is -2.10. The highest BCUT2D eigenvalue weighted by atomic mass is 35.5. The summed E-state index contributed by atoms with van der Waals surface area (Å²) < 4.78 is 10.2. The van der Waals surface area contributed by atoms with E-state index >= 15 is 0 Å². The smallest absolute Gasteiger partial charge is 0.311 e. The van der Waals surface area contributed by atoms with Crippen LogP contribution < -0.4 is 4.74 Å². The molecule has 2 rings (SSSR count). The highest BCUT2D eigenvalue weighted by Gasteiger charge is 2.10. The molecule has 0 amide bonds. The monoisotopic (exact) mass is 377 g/mol. The standard InChI is InChI=1S/C18H16ClNO6/c19-14-5-2-7-16(11-14)26-18(22)9-3-8-17(21)25-12-13-4-1-6-15(10-13)20(23)24/h1-2,4-7,10-11H,3,8-9,12H2. The molecule has 0 aromatic heterocycles. The first-order valence-corrected chi connectivity index (χ1v) is 8.17. The number of hydrogen-bond donors (Lipinski definition) is 0. The molecule has 0 heterocycles. The number of benzene rings is 2. The Labute approximate surface area is 154 Å². The molecule has 0 spiro atoms. The third-order valence-electron chi connectivity index (χ3n) is 3.31. The van der Waals surface area contributed by atoms with Crippen molar-refractivity contribution in [3.63, 3.8) is 0 Å². The summed E-state index contributed by atoms with van der Waals surface area (Å²) in [5.74, 6) is -0.624.